The summed E-state index contributed by atoms with van der Waals surface area (Å²) < 4.78 is 59.4. The fourth-order valence-corrected chi connectivity index (χ4v) is 5.95. The minimum Gasteiger partial charge on any atom is -0.598 e. The highest BCUT2D eigenvalue weighted by atomic mass is 32.2. The van der Waals surface area contributed by atoms with Crippen molar-refractivity contribution in [3.8, 4) is 17.2 Å². The van der Waals surface area contributed by atoms with Crippen LogP contribution in [0.2, 0.25) is 0 Å². The van der Waals surface area contributed by atoms with Gasteiger partial charge >= 0.3 is 0 Å². The van der Waals surface area contributed by atoms with Crippen molar-refractivity contribution >= 4 is 44.8 Å². The van der Waals surface area contributed by atoms with Crippen molar-refractivity contribution in [2.75, 3.05) is 6.26 Å². The quantitative estimate of drug-likeness (QED) is 0.200. The minimum atomic E-state index is -1.57. The van der Waals surface area contributed by atoms with Gasteiger partial charge in [0.2, 0.25) is 0 Å². The molecule has 0 amide bonds. The van der Waals surface area contributed by atoms with Crippen LogP contribution in [0, 0.1) is 28.8 Å². The smallest absolute Gasteiger partial charge is 0.171 e. The largest absolute Gasteiger partial charge is 0.598 e. The van der Waals surface area contributed by atoms with Gasteiger partial charge in [0, 0.05) is 23.0 Å². The van der Waals surface area contributed by atoms with Crippen molar-refractivity contribution in [1.82, 2.24) is 14.7 Å². The van der Waals surface area contributed by atoms with Gasteiger partial charge < -0.3 is 4.55 Å². The van der Waals surface area contributed by atoms with Crippen LogP contribution in [0.25, 0.3) is 21.5 Å². The summed E-state index contributed by atoms with van der Waals surface area (Å²) in [4.78, 5) is 9.35. The van der Waals surface area contributed by atoms with E-state index < -0.39 is 39.6 Å². The number of nitriles is 1. The monoisotopic (exact) mass is 560 g/mol. The molecule has 4 rings (SSSR count). The summed E-state index contributed by atoms with van der Waals surface area (Å²) in [6.45, 7) is 5.41. The Morgan fingerprint density at radius 1 is 1.11 bits per heavy atom. The maximum absolute atomic E-state index is 14.1. The summed E-state index contributed by atoms with van der Waals surface area (Å²) in [5.41, 5.74) is 2.19. The van der Waals surface area contributed by atoms with Crippen molar-refractivity contribution in [2.45, 2.75) is 42.3 Å². The van der Waals surface area contributed by atoms with E-state index in [0.717, 1.165) is 15.1 Å². The lowest BCUT2D eigenvalue weighted by Crippen LogP contribution is -2.42. The van der Waals surface area contributed by atoms with E-state index in [-0.39, 0.29) is 12.0 Å². The molecule has 0 aliphatic rings. The molecule has 2 aromatic heterocycles. The van der Waals surface area contributed by atoms with E-state index in [1.807, 2.05) is 18.4 Å². The SMILES string of the molecule is CSc1nc2nc([C@@H](Cc3cc(F)cc(F)c3)N[S@@+]([O-])C(C)(C)C)c(-c3ccc(F)c(C#N)c3)cc2s1. The van der Waals surface area contributed by atoms with Crippen LogP contribution in [0.3, 0.4) is 0 Å². The van der Waals surface area contributed by atoms with Crippen LogP contribution in [0.5, 0.6) is 0 Å². The second-order valence-corrected chi connectivity index (χ2v) is 13.3. The van der Waals surface area contributed by atoms with E-state index >= 15 is 0 Å². The van der Waals surface area contributed by atoms with E-state index in [9.17, 15) is 23.0 Å². The number of aromatic nitrogens is 2. The number of halogens is 3. The van der Waals surface area contributed by atoms with E-state index in [1.54, 1.807) is 26.8 Å². The standard InChI is InChI=1S/C26H23F3N4OS3/c1-26(2,3)37(34)33-21(9-14-7-17(27)11-18(28)8-14)23-19(15-5-6-20(29)16(10-15)13-30)12-22-24(31-23)32-25(35-4)36-22/h5-8,10-12,21,33H,9H2,1-4H3/t21-,37+/m1/s1. The number of fused-ring (bicyclic) bond motifs is 1. The Morgan fingerprint density at radius 3 is 2.43 bits per heavy atom. The Bertz CT molecular complexity index is 1480. The van der Waals surface area contributed by atoms with Crippen LogP contribution < -0.4 is 4.72 Å². The lowest BCUT2D eigenvalue weighted by atomic mass is 9.95. The van der Waals surface area contributed by atoms with Gasteiger partial charge in [0.25, 0.3) is 0 Å². The number of hydrogen-bond acceptors (Lipinski definition) is 7. The highest BCUT2D eigenvalue weighted by Gasteiger charge is 2.32. The average molecular weight is 561 g/mol. The summed E-state index contributed by atoms with van der Waals surface area (Å²) in [7, 11) is 0. The van der Waals surface area contributed by atoms with Gasteiger partial charge in [-0.25, -0.2) is 23.1 Å². The molecule has 0 saturated carbocycles. The number of pyridine rings is 1. The van der Waals surface area contributed by atoms with E-state index in [2.05, 4.69) is 9.71 Å². The number of rotatable bonds is 7. The Hall–Kier alpha value is -2.62. The number of nitrogens with one attached hydrogen (secondary N) is 1. The summed E-state index contributed by atoms with van der Waals surface area (Å²) >= 11 is 1.33. The van der Waals surface area contributed by atoms with Crippen LogP contribution in [-0.2, 0) is 17.8 Å². The first-order valence-corrected chi connectivity index (χ1v) is 14.4. The molecule has 2 atom stereocenters. The molecule has 4 aromatic rings. The predicted octanol–water partition coefficient (Wildman–Crippen LogP) is 6.70. The zero-order valence-electron chi connectivity index (χ0n) is 20.4. The number of thioether (sulfide) groups is 1. The zero-order chi connectivity index (χ0) is 26.9. The van der Waals surface area contributed by atoms with Gasteiger partial charge in [-0.05, 0) is 74.9 Å². The van der Waals surface area contributed by atoms with Crippen LogP contribution in [-0.4, -0.2) is 25.5 Å². The van der Waals surface area contributed by atoms with Gasteiger partial charge in [0.1, 0.15) is 28.3 Å². The van der Waals surface area contributed by atoms with Crippen LogP contribution in [0.1, 0.15) is 43.6 Å². The molecule has 192 valence electrons. The first-order chi connectivity index (χ1) is 17.5. The van der Waals surface area contributed by atoms with Gasteiger partial charge in [-0.3, -0.25) is 0 Å². The highest BCUT2D eigenvalue weighted by Crippen LogP contribution is 2.37. The first kappa shape index (κ1) is 27.4. The van der Waals surface area contributed by atoms with Gasteiger partial charge in [0.15, 0.2) is 9.99 Å². The summed E-state index contributed by atoms with van der Waals surface area (Å²) in [6, 6.07) is 10.4. The lowest BCUT2D eigenvalue weighted by Gasteiger charge is -2.28. The molecule has 0 aliphatic heterocycles. The molecule has 0 unspecified atom stereocenters. The summed E-state index contributed by atoms with van der Waals surface area (Å²) in [6.07, 6.45) is 1.96. The molecule has 0 fully saturated rings. The maximum atomic E-state index is 14.1. The first-order valence-electron chi connectivity index (χ1n) is 11.2. The zero-order valence-corrected chi connectivity index (χ0v) is 22.9. The molecule has 1 N–H and O–H groups in total. The fourth-order valence-electron chi connectivity index (χ4n) is 3.68. The van der Waals surface area contributed by atoms with E-state index in [4.69, 9.17) is 4.98 Å². The third-order valence-corrected chi connectivity index (χ3v) is 9.05. The molecule has 0 bridgehead atoms. The molecule has 11 heteroatoms. The van der Waals surface area contributed by atoms with Crippen molar-refractivity contribution in [3.05, 3.63) is 76.7 Å². The molecule has 0 aliphatic carbocycles. The molecule has 2 aromatic carbocycles. The van der Waals surface area contributed by atoms with Crippen molar-refractivity contribution in [1.29, 1.82) is 5.26 Å². The van der Waals surface area contributed by atoms with Crippen molar-refractivity contribution in [2.24, 2.45) is 0 Å². The Morgan fingerprint density at radius 2 is 1.81 bits per heavy atom. The second kappa shape index (κ2) is 11.0. The number of thiazole rings is 1. The number of hydrogen-bond donors (Lipinski definition) is 1. The average Bonchev–Trinajstić information content (AvgIpc) is 3.24. The van der Waals surface area contributed by atoms with Gasteiger partial charge in [-0.1, -0.05) is 17.8 Å². The number of benzene rings is 2. The van der Waals surface area contributed by atoms with Gasteiger partial charge in [0.05, 0.1) is 22.0 Å². The maximum Gasteiger partial charge on any atom is 0.171 e. The molecule has 0 spiro atoms. The minimum absolute atomic E-state index is 0.0633. The fraction of sp³-hybridized carbons (Fsp3) is 0.269. The summed E-state index contributed by atoms with van der Waals surface area (Å²) in [5, 5.41) is 9.39. The Labute approximate surface area is 224 Å². The Kier molecular flexibility index (Phi) is 8.16. The third kappa shape index (κ3) is 6.27. The van der Waals surface area contributed by atoms with Gasteiger partial charge in [-0.2, -0.15) is 5.26 Å². The molecular formula is C26H23F3N4OS3. The topological polar surface area (TPSA) is 84.7 Å². The molecule has 0 saturated heterocycles. The molecule has 5 nitrogen and oxygen atoms in total. The third-order valence-electron chi connectivity index (χ3n) is 5.46. The molecular weight excluding hydrogens is 538 g/mol. The van der Waals surface area contributed by atoms with E-state index in [0.29, 0.717) is 28.0 Å². The second-order valence-electron chi connectivity index (χ2n) is 9.27. The Balaban J connectivity index is 1.94. The summed E-state index contributed by atoms with van der Waals surface area (Å²) in [5.74, 6) is -2.10. The van der Waals surface area contributed by atoms with Crippen LogP contribution in [0.4, 0.5) is 13.2 Å². The molecule has 0 radical (unpaired) electrons. The molecule has 2 heterocycles. The van der Waals surface area contributed by atoms with Crippen molar-refractivity contribution in [3.63, 3.8) is 0 Å². The predicted molar refractivity (Wildman–Crippen MR) is 143 cm³/mol. The highest BCUT2D eigenvalue weighted by molar-refractivity contribution is 8.00. The van der Waals surface area contributed by atoms with E-state index in [1.165, 1.54) is 47.4 Å². The normalized spacial score (nSPS) is 13.5. The lowest BCUT2D eigenvalue weighted by molar-refractivity contribution is 0.517. The van der Waals surface area contributed by atoms with Crippen molar-refractivity contribution < 1.29 is 17.7 Å². The van der Waals surface area contributed by atoms with Crippen LogP contribution >= 0.6 is 23.1 Å². The van der Waals surface area contributed by atoms with Crippen LogP contribution in [0.15, 0.2) is 46.8 Å². The molecule has 37 heavy (non-hydrogen) atoms. The number of nitrogens with zero attached hydrogens (tertiary/aromatic N) is 3. The van der Waals surface area contributed by atoms with Gasteiger partial charge in [-0.15, -0.1) is 16.1 Å².